The standard InChI is InChI=1S/C11H22N2O2/c1-5-6-10(12)11(14)13(4)7-8-15-9(2)3/h5,9-10H,1,6-8,12H2,2-4H3. The van der Waals surface area contributed by atoms with Crippen molar-refractivity contribution in [3.05, 3.63) is 12.7 Å². The van der Waals surface area contributed by atoms with Crippen molar-refractivity contribution in [3.63, 3.8) is 0 Å². The summed E-state index contributed by atoms with van der Waals surface area (Å²) >= 11 is 0. The van der Waals surface area contributed by atoms with E-state index in [4.69, 9.17) is 10.5 Å². The summed E-state index contributed by atoms with van der Waals surface area (Å²) in [4.78, 5) is 13.2. The van der Waals surface area contributed by atoms with Crippen LogP contribution in [0, 0.1) is 0 Å². The first-order valence-corrected chi connectivity index (χ1v) is 5.22. The Labute approximate surface area is 92.1 Å². The molecule has 1 unspecified atom stereocenters. The van der Waals surface area contributed by atoms with Gasteiger partial charge in [-0.25, -0.2) is 0 Å². The van der Waals surface area contributed by atoms with Crippen LogP contribution in [0.2, 0.25) is 0 Å². The first-order chi connectivity index (χ1) is 6.99. The molecule has 0 saturated heterocycles. The van der Waals surface area contributed by atoms with Crippen molar-refractivity contribution in [2.75, 3.05) is 20.2 Å². The van der Waals surface area contributed by atoms with Crippen molar-refractivity contribution in [1.29, 1.82) is 0 Å². The molecule has 0 radical (unpaired) electrons. The smallest absolute Gasteiger partial charge is 0.239 e. The van der Waals surface area contributed by atoms with Crippen LogP contribution in [0.1, 0.15) is 20.3 Å². The van der Waals surface area contributed by atoms with E-state index in [0.29, 0.717) is 19.6 Å². The van der Waals surface area contributed by atoms with Gasteiger partial charge in [-0.05, 0) is 20.3 Å². The highest BCUT2D eigenvalue weighted by molar-refractivity contribution is 5.81. The molecule has 0 aliphatic carbocycles. The van der Waals surface area contributed by atoms with Gasteiger partial charge in [0, 0.05) is 13.6 Å². The number of ether oxygens (including phenoxy) is 1. The molecule has 1 amide bonds. The number of rotatable bonds is 7. The fourth-order valence-corrected chi connectivity index (χ4v) is 1.10. The minimum Gasteiger partial charge on any atom is -0.377 e. The summed E-state index contributed by atoms with van der Waals surface area (Å²) in [5.41, 5.74) is 5.66. The summed E-state index contributed by atoms with van der Waals surface area (Å²) in [7, 11) is 1.73. The van der Waals surface area contributed by atoms with E-state index >= 15 is 0 Å². The second kappa shape index (κ2) is 7.43. The molecule has 0 bridgehead atoms. The predicted molar refractivity (Wildman–Crippen MR) is 61.5 cm³/mol. The monoisotopic (exact) mass is 214 g/mol. The molecule has 15 heavy (non-hydrogen) atoms. The fraction of sp³-hybridized carbons (Fsp3) is 0.727. The second-order valence-corrected chi connectivity index (χ2v) is 3.81. The van der Waals surface area contributed by atoms with Crippen LogP contribution in [0.15, 0.2) is 12.7 Å². The van der Waals surface area contributed by atoms with Crippen LogP contribution in [0.5, 0.6) is 0 Å². The van der Waals surface area contributed by atoms with Gasteiger partial charge in [-0.2, -0.15) is 0 Å². The Hall–Kier alpha value is -0.870. The van der Waals surface area contributed by atoms with Crippen LogP contribution >= 0.6 is 0 Å². The molecule has 0 aromatic heterocycles. The van der Waals surface area contributed by atoms with E-state index in [2.05, 4.69) is 6.58 Å². The average Bonchev–Trinajstić information content (AvgIpc) is 2.16. The maximum atomic E-state index is 11.6. The number of amides is 1. The van der Waals surface area contributed by atoms with Crippen molar-refractivity contribution in [3.8, 4) is 0 Å². The molecule has 0 aliphatic rings. The predicted octanol–water partition coefficient (Wildman–Crippen LogP) is 0.773. The Bertz CT molecular complexity index is 205. The van der Waals surface area contributed by atoms with Gasteiger partial charge in [0.15, 0.2) is 0 Å². The molecule has 0 fully saturated rings. The minimum absolute atomic E-state index is 0.0674. The Morgan fingerprint density at radius 2 is 2.20 bits per heavy atom. The summed E-state index contributed by atoms with van der Waals surface area (Å²) in [6.45, 7) is 8.59. The highest BCUT2D eigenvalue weighted by Gasteiger charge is 2.16. The van der Waals surface area contributed by atoms with Crippen molar-refractivity contribution in [1.82, 2.24) is 4.90 Å². The van der Waals surface area contributed by atoms with Gasteiger partial charge in [-0.1, -0.05) is 6.08 Å². The molecule has 0 aliphatic heterocycles. The highest BCUT2D eigenvalue weighted by Crippen LogP contribution is 1.96. The molecule has 0 saturated carbocycles. The number of hydrogen-bond donors (Lipinski definition) is 1. The first kappa shape index (κ1) is 14.1. The molecule has 4 nitrogen and oxygen atoms in total. The van der Waals surface area contributed by atoms with E-state index in [0.717, 1.165) is 0 Å². The van der Waals surface area contributed by atoms with E-state index in [1.165, 1.54) is 0 Å². The van der Waals surface area contributed by atoms with Gasteiger partial charge in [0.1, 0.15) is 0 Å². The molecule has 0 rings (SSSR count). The minimum atomic E-state index is -0.480. The Balaban J connectivity index is 3.82. The maximum absolute atomic E-state index is 11.6. The zero-order valence-electron chi connectivity index (χ0n) is 9.90. The third kappa shape index (κ3) is 6.25. The third-order valence-electron chi connectivity index (χ3n) is 1.99. The van der Waals surface area contributed by atoms with Crippen LogP contribution < -0.4 is 5.73 Å². The molecule has 0 heterocycles. The van der Waals surface area contributed by atoms with Crippen LogP contribution in [-0.4, -0.2) is 43.2 Å². The van der Waals surface area contributed by atoms with Crippen LogP contribution in [-0.2, 0) is 9.53 Å². The molecule has 88 valence electrons. The Morgan fingerprint density at radius 1 is 1.60 bits per heavy atom. The quantitative estimate of drug-likeness (QED) is 0.637. The summed E-state index contributed by atoms with van der Waals surface area (Å²) in [5.74, 6) is -0.0674. The number of carbonyl (C=O) groups excluding carboxylic acids is 1. The van der Waals surface area contributed by atoms with Gasteiger partial charge in [0.2, 0.25) is 5.91 Å². The third-order valence-corrected chi connectivity index (χ3v) is 1.99. The summed E-state index contributed by atoms with van der Waals surface area (Å²) in [6, 6.07) is -0.480. The average molecular weight is 214 g/mol. The molecule has 2 N–H and O–H groups in total. The molecule has 4 heteroatoms. The normalized spacial score (nSPS) is 12.6. The molecule has 1 atom stereocenters. The Morgan fingerprint density at radius 3 is 2.67 bits per heavy atom. The summed E-state index contributed by atoms with van der Waals surface area (Å²) in [5, 5.41) is 0. The van der Waals surface area contributed by atoms with Crippen LogP contribution in [0.3, 0.4) is 0 Å². The van der Waals surface area contributed by atoms with Crippen molar-refractivity contribution in [2.24, 2.45) is 5.73 Å². The Kier molecular flexibility index (Phi) is 6.99. The van der Waals surface area contributed by atoms with E-state index in [1.807, 2.05) is 13.8 Å². The van der Waals surface area contributed by atoms with E-state index in [1.54, 1.807) is 18.0 Å². The lowest BCUT2D eigenvalue weighted by molar-refractivity contribution is -0.132. The number of likely N-dealkylation sites (N-methyl/N-ethyl adjacent to an activating group) is 1. The molecular weight excluding hydrogens is 192 g/mol. The van der Waals surface area contributed by atoms with Crippen LogP contribution in [0.25, 0.3) is 0 Å². The fourth-order valence-electron chi connectivity index (χ4n) is 1.10. The topological polar surface area (TPSA) is 55.6 Å². The number of nitrogens with zero attached hydrogens (tertiary/aromatic N) is 1. The largest absolute Gasteiger partial charge is 0.377 e. The van der Waals surface area contributed by atoms with Gasteiger partial charge >= 0.3 is 0 Å². The molecule has 0 aromatic carbocycles. The second-order valence-electron chi connectivity index (χ2n) is 3.81. The summed E-state index contributed by atoms with van der Waals surface area (Å²) < 4.78 is 5.35. The van der Waals surface area contributed by atoms with Crippen molar-refractivity contribution >= 4 is 5.91 Å². The highest BCUT2D eigenvalue weighted by atomic mass is 16.5. The zero-order valence-corrected chi connectivity index (χ0v) is 9.90. The summed E-state index contributed by atoms with van der Waals surface area (Å²) in [6.07, 6.45) is 2.35. The number of carbonyl (C=O) groups is 1. The van der Waals surface area contributed by atoms with E-state index in [9.17, 15) is 4.79 Å². The van der Waals surface area contributed by atoms with Gasteiger partial charge in [0.25, 0.3) is 0 Å². The zero-order chi connectivity index (χ0) is 11.8. The van der Waals surface area contributed by atoms with Gasteiger partial charge in [-0.3, -0.25) is 4.79 Å². The van der Waals surface area contributed by atoms with Gasteiger partial charge < -0.3 is 15.4 Å². The number of nitrogens with two attached hydrogens (primary N) is 1. The lowest BCUT2D eigenvalue weighted by Crippen LogP contribution is -2.42. The lowest BCUT2D eigenvalue weighted by Gasteiger charge is -2.21. The van der Waals surface area contributed by atoms with E-state index in [-0.39, 0.29) is 12.0 Å². The van der Waals surface area contributed by atoms with Gasteiger partial charge in [0.05, 0.1) is 18.8 Å². The van der Waals surface area contributed by atoms with Gasteiger partial charge in [-0.15, -0.1) is 6.58 Å². The van der Waals surface area contributed by atoms with E-state index < -0.39 is 6.04 Å². The maximum Gasteiger partial charge on any atom is 0.239 e. The molecule has 0 spiro atoms. The van der Waals surface area contributed by atoms with Crippen molar-refractivity contribution < 1.29 is 9.53 Å². The lowest BCUT2D eigenvalue weighted by atomic mass is 10.2. The van der Waals surface area contributed by atoms with Crippen LogP contribution in [0.4, 0.5) is 0 Å². The SMILES string of the molecule is C=CCC(N)C(=O)N(C)CCOC(C)C. The molecule has 0 aromatic rings. The number of hydrogen-bond acceptors (Lipinski definition) is 3. The molecular formula is C11H22N2O2. The first-order valence-electron chi connectivity index (χ1n) is 5.22. The van der Waals surface area contributed by atoms with Crippen molar-refractivity contribution in [2.45, 2.75) is 32.4 Å².